The van der Waals surface area contributed by atoms with Crippen molar-refractivity contribution in [2.45, 2.75) is 6.61 Å². The zero-order valence-electron chi connectivity index (χ0n) is 8.32. The predicted molar refractivity (Wildman–Crippen MR) is 55.5 cm³/mol. The lowest BCUT2D eigenvalue weighted by molar-refractivity contribution is 0.270. The van der Waals surface area contributed by atoms with Crippen LogP contribution in [0.2, 0.25) is 0 Å². The van der Waals surface area contributed by atoms with E-state index < -0.39 is 18.2 Å². The molecule has 0 radical (unpaired) electrons. The smallest absolute Gasteiger partial charge is 0.147 e. The third-order valence-corrected chi connectivity index (χ3v) is 2.25. The van der Waals surface area contributed by atoms with Crippen LogP contribution in [0, 0.1) is 11.6 Å². The van der Waals surface area contributed by atoms with Crippen LogP contribution < -0.4 is 0 Å². The van der Waals surface area contributed by atoms with Gasteiger partial charge in [0.15, 0.2) is 0 Å². The number of rotatable bonds is 2. The molecular formula is C12H9F2NO. The molecular weight excluding hydrogens is 212 g/mol. The Hall–Kier alpha value is -1.81. The highest BCUT2D eigenvalue weighted by Gasteiger charge is 2.08. The van der Waals surface area contributed by atoms with Gasteiger partial charge < -0.3 is 5.11 Å². The number of nitrogens with zero attached hydrogens (tertiary/aromatic N) is 1. The van der Waals surface area contributed by atoms with Crippen molar-refractivity contribution in [1.82, 2.24) is 4.98 Å². The Morgan fingerprint density at radius 3 is 2.50 bits per heavy atom. The molecule has 0 spiro atoms. The van der Waals surface area contributed by atoms with Gasteiger partial charge in [0.05, 0.1) is 6.61 Å². The summed E-state index contributed by atoms with van der Waals surface area (Å²) in [5.74, 6) is -1.07. The Morgan fingerprint density at radius 1 is 1.12 bits per heavy atom. The Balaban J connectivity index is 2.50. The normalized spacial score (nSPS) is 10.4. The molecule has 0 amide bonds. The van der Waals surface area contributed by atoms with Crippen LogP contribution in [-0.2, 0) is 6.61 Å². The minimum absolute atomic E-state index is 0.0416. The second-order valence-electron chi connectivity index (χ2n) is 3.29. The van der Waals surface area contributed by atoms with Gasteiger partial charge in [-0.15, -0.1) is 0 Å². The summed E-state index contributed by atoms with van der Waals surface area (Å²) in [6.45, 7) is -0.469. The van der Waals surface area contributed by atoms with Crippen LogP contribution in [0.3, 0.4) is 0 Å². The maximum Gasteiger partial charge on any atom is 0.147 e. The standard InChI is InChI=1S/C12H9F2NO/c13-10-4-2-1-3-9(10)8-5-11(14)12(7-16)15-6-8/h1-6,16H,7H2. The summed E-state index contributed by atoms with van der Waals surface area (Å²) in [5, 5.41) is 8.76. The van der Waals surface area contributed by atoms with E-state index in [9.17, 15) is 8.78 Å². The van der Waals surface area contributed by atoms with Gasteiger partial charge in [-0.3, -0.25) is 4.98 Å². The fraction of sp³-hybridized carbons (Fsp3) is 0.0833. The molecule has 0 aliphatic heterocycles. The number of aliphatic hydroxyl groups excluding tert-OH is 1. The lowest BCUT2D eigenvalue weighted by Crippen LogP contribution is -1.95. The topological polar surface area (TPSA) is 33.1 Å². The van der Waals surface area contributed by atoms with E-state index >= 15 is 0 Å². The van der Waals surface area contributed by atoms with Gasteiger partial charge in [-0.05, 0) is 12.1 Å². The van der Waals surface area contributed by atoms with Gasteiger partial charge in [-0.1, -0.05) is 18.2 Å². The average Bonchev–Trinajstić information content (AvgIpc) is 2.29. The number of aromatic nitrogens is 1. The van der Waals surface area contributed by atoms with Crippen LogP contribution in [0.15, 0.2) is 36.5 Å². The molecule has 2 aromatic rings. The molecule has 0 bridgehead atoms. The average molecular weight is 221 g/mol. The van der Waals surface area contributed by atoms with Crippen molar-refractivity contribution in [3.05, 3.63) is 53.9 Å². The maximum atomic E-state index is 13.4. The highest BCUT2D eigenvalue weighted by atomic mass is 19.1. The molecule has 0 aliphatic rings. The van der Waals surface area contributed by atoms with Gasteiger partial charge in [0.1, 0.15) is 17.3 Å². The second kappa shape index (κ2) is 4.37. The van der Waals surface area contributed by atoms with Gasteiger partial charge in [-0.25, -0.2) is 8.78 Å². The molecule has 1 heterocycles. The molecule has 82 valence electrons. The van der Waals surface area contributed by atoms with Crippen molar-refractivity contribution in [1.29, 1.82) is 0 Å². The van der Waals surface area contributed by atoms with Crippen LogP contribution in [0.1, 0.15) is 5.69 Å². The molecule has 1 N–H and O–H groups in total. The first-order valence-electron chi connectivity index (χ1n) is 4.72. The zero-order valence-corrected chi connectivity index (χ0v) is 8.32. The Morgan fingerprint density at radius 2 is 1.88 bits per heavy atom. The van der Waals surface area contributed by atoms with E-state index in [4.69, 9.17) is 5.11 Å². The van der Waals surface area contributed by atoms with Crippen molar-refractivity contribution >= 4 is 0 Å². The van der Waals surface area contributed by atoms with E-state index in [1.165, 1.54) is 12.3 Å². The first kappa shape index (κ1) is 10.7. The third-order valence-electron chi connectivity index (χ3n) is 2.25. The monoisotopic (exact) mass is 221 g/mol. The molecule has 16 heavy (non-hydrogen) atoms. The van der Waals surface area contributed by atoms with E-state index in [0.29, 0.717) is 11.1 Å². The van der Waals surface area contributed by atoms with Gasteiger partial charge in [0.25, 0.3) is 0 Å². The molecule has 0 saturated heterocycles. The fourth-order valence-electron chi connectivity index (χ4n) is 1.43. The molecule has 4 heteroatoms. The van der Waals surface area contributed by atoms with Gasteiger partial charge in [-0.2, -0.15) is 0 Å². The number of pyridine rings is 1. The highest BCUT2D eigenvalue weighted by molar-refractivity contribution is 5.63. The molecule has 0 saturated carbocycles. The van der Waals surface area contributed by atoms with E-state index in [1.807, 2.05) is 0 Å². The van der Waals surface area contributed by atoms with Gasteiger partial charge >= 0.3 is 0 Å². The van der Waals surface area contributed by atoms with Gasteiger partial charge in [0, 0.05) is 17.3 Å². The largest absolute Gasteiger partial charge is 0.390 e. The molecule has 0 fully saturated rings. The van der Waals surface area contributed by atoms with E-state index in [1.54, 1.807) is 18.2 Å². The first-order valence-corrected chi connectivity index (χ1v) is 4.72. The van der Waals surface area contributed by atoms with E-state index in [-0.39, 0.29) is 5.69 Å². The predicted octanol–water partition coefficient (Wildman–Crippen LogP) is 2.52. The minimum Gasteiger partial charge on any atom is -0.390 e. The summed E-state index contributed by atoms with van der Waals surface area (Å²) >= 11 is 0. The van der Waals surface area contributed by atoms with Crippen molar-refractivity contribution < 1.29 is 13.9 Å². The number of benzene rings is 1. The first-order chi connectivity index (χ1) is 7.72. The van der Waals surface area contributed by atoms with Crippen LogP contribution in [0.25, 0.3) is 11.1 Å². The summed E-state index contributed by atoms with van der Waals surface area (Å²) in [6.07, 6.45) is 1.34. The van der Waals surface area contributed by atoms with Crippen LogP contribution in [0.5, 0.6) is 0 Å². The molecule has 1 aromatic carbocycles. The molecule has 0 atom stereocenters. The summed E-state index contributed by atoms with van der Waals surface area (Å²) in [6, 6.07) is 7.23. The lowest BCUT2D eigenvalue weighted by atomic mass is 10.1. The van der Waals surface area contributed by atoms with Crippen LogP contribution in [0.4, 0.5) is 8.78 Å². The van der Waals surface area contributed by atoms with Crippen molar-refractivity contribution in [3.63, 3.8) is 0 Å². The van der Waals surface area contributed by atoms with Crippen LogP contribution in [-0.4, -0.2) is 10.1 Å². The van der Waals surface area contributed by atoms with E-state index in [0.717, 1.165) is 6.07 Å². The molecule has 2 rings (SSSR count). The summed E-state index contributed by atoms with van der Waals surface area (Å²) < 4.78 is 26.7. The van der Waals surface area contributed by atoms with E-state index in [2.05, 4.69) is 4.98 Å². The van der Waals surface area contributed by atoms with Gasteiger partial charge in [0.2, 0.25) is 0 Å². The molecule has 0 unspecified atom stereocenters. The number of hydrogen-bond acceptors (Lipinski definition) is 2. The SMILES string of the molecule is OCc1ncc(-c2ccccc2F)cc1F. The summed E-state index contributed by atoms with van der Waals surface area (Å²) in [5.41, 5.74) is 0.603. The number of halogens is 2. The number of aliphatic hydroxyl groups is 1. The highest BCUT2D eigenvalue weighted by Crippen LogP contribution is 2.23. The Bertz CT molecular complexity index is 514. The minimum atomic E-state index is -0.636. The fourth-order valence-corrected chi connectivity index (χ4v) is 1.43. The van der Waals surface area contributed by atoms with Crippen molar-refractivity contribution in [2.75, 3.05) is 0 Å². The van der Waals surface area contributed by atoms with Crippen molar-refractivity contribution in [2.24, 2.45) is 0 Å². The quantitative estimate of drug-likeness (QED) is 0.845. The molecule has 2 nitrogen and oxygen atoms in total. The molecule has 0 aliphatic carbocycles. The number of hydrogen-bond donors (Lipinski definition) is 1. The summed E-state index contributed by atoms with van der Waals surface area (Å²) in [7, 11) is 0. The van der Waals surface area contributed by atoms with Crippen LogP contribution >= 0.6 is 0 Å². The third kappa shape index (κ3) is 1.92. The lowest BCUT2D eigenvalue weighted by Gasteiger charge is -2.04. The summed E-state index contributed by atoms with van der Waals surface area (Å²) in [4.78, 5) is 3.72. The zero-order chi connectivity index (χ0) is 11.5. The molecule has 1 aromatic heterocycles. The van der Waals surface area contributed by atoms with Crippen molar-refractivity contribution in [3.8, 4) is 11.1 Å². The Labute approximate surface area is 91.2 Å². The second-order valence-corrected chi connectivity index (χ2v) is 3.29. The maximum absolute atomic E-state index is 13.4. The Kier molecular flexibility index (Phi) is 2.92.